The number of hydrogen-bond donors (Lipinski definition) is 0. The van der Waals surface area contributed by atoms with Crippen LogP contribution < -0.4 is 0 Å². The highest BCUT2D eigenvalue weighted by atomic mass is 16.5. The zero-order chi connectivity index (χ0) is 15.0. The fourth-order valence-corrected chi connectivity index (χ4v) is 2.32. The topological polar surface area (TPSA) is 76.3 Å². The first-order valence-corrected chi connectivity index (χ1v) is 6.83. The molecule has 2 heterocycles. The third-order valence-electron chi connectivity index (χ3n) is 3.27. The van der Waals surface area contributed by atoms with Crippen molar-refractivity contribution < 1.29 is 14.1 Å². The fourth-order valence-electron chi connectivity index (χ4n) is 2.32. The predicted molar refractivity (Wildman–Crippen MR) is 73.5 cm³/mol. The van der Waals surface area contributed by atoms with Gasteiger partial charge in [-0.3, -0.25) is 14.5 Å². The minimum Gasteiger partial charge on any atom is -0.337 e. The summed E-state index contributed by atoms with van der Waals surface area (Å²) < 4.78 is 5.12. The van der Waals surface area contributed by atoms with E-state index in [-0.39, 0.29) is 24.2 Å². The number of carbonyl (C=O) groups is 2. The molecule has 0 aliphatic carbocycles. The molecule has 0 atom stereocenters. The summed E-state index contributed by atoms with van der Waals surface area (Å²) >= 11 is 0. The average Bonchev–Trinajstić information content (AvgIpc) is 2.98. The normalized spacial score (nSPS) is 14.1. The number of nitrogens with zero attached hydrogens (tertiary/aromatic N) is 3. The Balaban J connectivity index is 1.79. The zero-order valence-corrected chi connectivity index (χ0v) is 11.9. The molecule has 6 heteroatoms. The molecule has 1 aromatic heterocycles. The van der Waals surface area contributed by atoms with Crippen LogP contribution in [-0.4, -0.2) is 26.9 Å². The molecule has 0 spiro atoms. The van der Waals surface area contributed by atoms with Gasteiger partial charge in [-0.2, -0.15) is 4.98 Å². The lowest BCUT2D eigenvalue weighted by molar-refractivity contribution is 0.0625. The van der Waals surface area contributed by atoms with Crippen LogP contribution in [0.3, 0.4) is 0 Å². The maximum atomic E-state index is 12.2. The van der Waals surface area contributed by atoms with Crippen LogP contribution in [0.4, 0.5) is 0 Å². The van der Waals surface area contributed by atoms with Crippen molar-refractivity contribution in [1.82, 2.24) is 15.0 Å². The van der Waals surface area contributed by atoms with E-state index < -0.39 is 0 Å². The zero-order valence-electron chi connectivity index (χ0n) is 11.9. The van der Waals surface area contributed by atoms with Crippen LogP contribution in [0.2, 0.25) is 0 Å². The van der Waals surface area contributed by atoms with Crippen molar-refractivity contribution in [3.05, 3.63) is 47.1 Å². The highest BCUT2D eigenvalue weighted by Crippen LogP contribution is 2.23. The second-order valence-corrected chi connectivity index (χ2v) is 5.44. The fraction of sp³-hybridized carbons (Fsp3) is 0.333. The Labute approximate surface area is 121 Å². The van der Waals surface area contributed by atoms with Gasteiger partial charge < -0.3 is 4.52 Å². The molecule has 21 heavy (non-hydrogen) atoms. The predicted octanol–water partition coefficient (Wildman–Crippen LogP) is 2.06. The van der Waals surface area contributed by atoms with Gasteiger partial charge in [0.05, 0.1) is 11.1 Å². The molecule has 0 bridgehead atoms. The second kappa shape index (κ2) is 5.12. The molecule has 3 rings (SSSR count). The summed E-state index contributed by atoms with van der Waals surface area (Å²) in [5.41, 5.74) is 0.842. The first-order valence-electron chi connectivity index (χ1n) is 6.83. The van der Waals surface area contributed by atoms with Gasteiger partial charge in [-0.15, -0.1) is 0 Å². The van der Waals surface area contributed by atoms with Crippen LogP contribution in [0.15, 0.2) is 28.8 Å². The van der Waals surface area contributed by atoms with E-state index in [1.807, 2.05) is 0 Å². The quantitative estimate of drug-likeness (QED) is 0.804. The van der Waals surface area contributed by atoms with E-state index in [4.69, 9.17) is 4.52 Å². The molecule has 1 aliphatic heterocycles. The van der Waals surface area contributed by atoms with Gasteiger partial charge in [-0.05, 0) is 18.1 Å². The number of aromatic nitrogens is 2. The van der Waals surface area contributed by atoms with Crippen molar-refractivity contribution in [3.8, 4) is 0 Å². The SMILES string of the molecule is CC(C)Cc1noc(CN2C(=O)c3ccccc3C2=O)n1. The molecule has 108 valence electrons. The van der Waals surface area contributed by atoms with Gasteiger partial charge in [0.1, 0.15) is 6.54 Å². The van der Waals surface area contributed by atoms with Crippen LogP contribution >= 0.6 is 0 Å². The highest BCUT2D eigenvalue weighted by Gasteiger charge is 2.36. The van der Waals surface area contributed by atoms with E-state index in [2.05, 4.69) is 24.0 Å². The van der Waals surface area contributed by atoms with Gasteiger partial charge >= 0.3 is 0 Å². The molecule has 2 amide bonds. The number of fused-ring (bicyclic) bond motifs is 1. The average molecular weight is 285 g/mol. The van der Waals surface area contributed by atoms with Crippen LogP contribution in [-0.2, 0) is 13.0 Å². The molecule has 0 radical (unpaired) electrons. The maximum Gasteiger partial charge on any atom is 0.262 e. The minimum absolute atomic E-state index is 0.0114. The summed E-state index contributed by atoms with van der Waals surface area (Å²) in [7, 11) is 0. The van der Waals surface area contributed by atoms with Gasteiger partial charge in [-0.25, -0.2) is 0 Å². The standard InChI is InChI=1S/C15H15N3O3/c1-9(2)7-12-16-13(21-17-12)8-18-14(19)10-5-3-4-6-11(10)15(18)20/h3-6,9H,7-8H2,1-2H3. The van der Waals surface area contributed by atoms with Crippen LogP contribution in [0, 0.1) is 5.92 Å². The molecule has 0 saturated carbocycles. The molecular weight excluding hydrogens is 270 g/mol. The lowest BCUT2D eigenvalue weighted by Crippen LogP contribution is -2.29. The Morgan fingerprint density at radius 2 is 1.76 bits per heavy atom. The minimum atomic E-state index is -0.320. The van der Waals surface area contributed by atoms with Crippen LogP contribution in [0.25, 0.3) is 0 Å². The first-order chi connectivity index (χ1) is 10.1. The summed E-state index contributed by atoms with van der Waals surface area (Å²) in [6.45, 7) is 4.12. The van der Waals surface area contributed by atoms with Gasteiger partial charge in [0.25, 0.3) is 11.8 Å². The van der Waals surface area contributed by atoms with Crippen molar-refractivity contribution in [2.45, 2.75) is 26.8 Å². The van der Waals surface area contributed by atoms with Crippen LogP contribution in [0.1, 0.15) is 46.3 Å². The van der Waals surface area contributed by atoms with E-state index in [0.29, 0.717) is 29.3 Å². The molecule has 0 N–H and O–H groups in total. The van der Waals surface area contributed by atoms with Crippen molar-refractivity contribution in [2.75, 3.05) is 0 Å². The van der Waals surface area contributed by atoms with Crippen molar-refractivity contribution >= 4 is 11.8 Å². The molecular formula is C15H15N3O3. The van der Waals surface area contributed by atoms with Crippen LogP contribution in [0.5, 0.6) is 0 Å². The van der Waals surface area contributed by atoms with Gasteiger partial charge in [-0.1, -0.05) is 31.1 Å². The maximum absolute atomic E-state index is 12.2. The Morgan fingerprint density at radius 3 is 2.33 bits per heavy atom. The van der Waals surface area contributed by atoms with Crippen molar-refractivity contribution in [3.63, 3.8) is 0 Å². The largest absolute Gasteiger partial charge is 0.337 e. The molecule has 1 aromatic carbocycles. The van der Waals surface area contributed by atoms with E-state index in [1.54, 1.807) is 24.3 Å². The van der Waals surface area contributed by atoms with E-state index >= 15 is 0 Å². The molecule has 0 unspecified atom stereocenters. The smallest absolute Gasteiger partial charge is 0.262 e. The second-order valence-electron chi connectivity index (χ2n) is 5.44. The molecule has 0 saturated heterocycles. The third kappa shape index (κ3) is 2.44. The number of benzene rings is 1. The lowest BCUT2D eigenvalue weighted by atomic mass is 10.1. The van der Waals surface area contributed by atoms with Gasteiger partial charge in [0.15, 0.2) is 5.82 Å². The van der Waals surface area contributed by atoms with E-state index in [1.165, 1.54) is 0 Å². The van der Waals surface area contributed by atoms with Gasteiger partial charge in [0, 0.05) is 6.42 Å². The summed E-state index contributed by atoms with van der Waals surface area (Å²) in [6, 6.07) is 6.77. The summed E-state index contributed by atoms with van der Waals surface area (Å²) in [5, 5.41) is 3.86. The Kier molecular flexibility index (Phi) is 3.29. The Hall–Kier alpha value is -2.50. The number of rotatable bonds is 4. The lowest BCUT2D eigenvalue weighted by Gasteiger charge is -2.09. The van der Waals surface area contributed by atoms with Gasteiger partial charge in [0.2, 0.25) is 5.89 Å². The van der Waals surface area contributed by atoms with E-state index in [9.17, 15) is 9.59 Å². The Bertz CT molecular complexity index is 671. The number of carbonyl (C=O) groups excluding carboxylic acids is 2. The number of amides is 2. The number of hydrogen-bond acceptors (Lipinski definition) is 5. The molecule has 2 aromatic rings. The highest BCUT2D eigenvalue weighted by molar-refractivity contribution is 6.21. The van der Waals surface area contributed by atoms with Crippen molar-refractivity contribution in [2.24, 2.45) is 5.92 Å². The first kappa shape index (κ1) is 13.5. The third-order valence-corrected chi connectivity index (χ3v) is 3.27. The summed E-state index contributed by atoms with van der Waals surface area (Å²) in [6.07, 6.45) is 0.700. The molecule has 6 nitrogen and oxygen atoms in total. The van der Waals surface area contributed by atoms with E-state index in [0.717, 1.165) is 4.90 Å². The summed E-state index contributed by atoms with van der Waals surface area (Å²) in [5.74, 6) is 0.643. The molecule has 1 aliphatic rings. The summed E-state index contributed by atoms with van der Waals surface area (Å²) in [4.78, 5) is 29.8. The number of imide groups is 1. The molecule has 0 fully saturated rings. The van der Waals surface area contributed by atoms with Crippen molar-refractivity contribution in [1.29, 1.82) is 0 Å². The monoisotopic (exact) mass is 285 g/mol. The Morgan fingerprint density at radius 1 is 1.14 bits per heavy atom.